The average Bonchev–Trinajstić information content (AvgIpc) is 3.02. The van der Waals surface area contributed by atoms with Gasteiger partial charge in [0.05, 0.1) is 18.8 Å². The van der Waals surface area contributed by atoms with E-state index < -0.39 is 0 Å². The summed E-state index contributed by atoms with van der Waals surface area (Å²) in [7, 11) is 0. The molecule has 4 aliphatic rings. The molecule has 0 heterocycles. The highest BCUT2D eigenvalue weighted by molar-refractivity contribution is 5.84. The summed E-state index contributed by atoms with van der Waals surface area (Å²) in [6, 6.07) is 0. The topological polar surface area (TPSA) is 103 Å². The van der Waals surface area contributed by atoms with Crippen molar-refractivity contribution in [1.29, 1.82) is 5.53 Å². The van der Waals surface area contributed by atoms with E-state index in [4.69, 9.17) is 5.53 Å². The Balaban J connectivity index is 1.54. The first-order chi connectivity index (χ1) is 13.8. The molecule has 0 amide bonds. The van der Waals surface area contributed by atoms with Crippen LogP contribution < -0.4 is 5.32 Å². The molecule has 0 spiro atoms. The fraction of sp³-hybridized carbons (Fsp3) is 0.826. The molecule has 6 nitrogen and oxygen atoms in total. The quantitative estimate of drug-likeness (QED) is 0.609. The van der Waals surface area contributed by atoms with Gasteiger partial charge in [0, 0.05) is 25.0 Å². The molecule has 29 heavy (non-hydrogen) atoms. The van der Waals surface area contributed by atoms with Gasteiger partial charge in [0.15, 0.2) is 5.78 Å². The van der Waals surface area contributed by atoms with Crippen LogP contribution in [0.1, 0.15) is 65.2 Å². The lowest BCUT2D eigenvalue weighted by Gasteiger charge is -2.61. The van der Waals surface area contributed by atoms with E-state index >= 15 is 0 Å². The zero-order chi connectivity index (χ0) is 20.8. The molecule has 4 fully saturated rings. The fourth-order valence-corrected chi connectivity index (χ4v) is 8.07. The lowest BCUT2D eigenvalue weighted by atomic mass is 9.44. The minimum atomic E-state index is -0.384. The molecule has 4 aliphatic carbocycles. The summed E-state index contributed by atoms with van der Waals surface area (Å²) >= 11 is 0. The van der Waals surface area contributed by atoms with Crippen molar-refractivity contribution in [2.75, 3.05) is 6.54 Å². The van der Waals surface area contributed by atoms with Crippen LogP contribution in [-0.4, -0.2) is 29.3 Å². The van der Waals surface area contributed by atoms with Crippen LogP contribution in [0.4, 0.5) is 0 Å². The number of nitrogens with zero attached hydrogens (tertiary/aromatic N) is 1. The van der Waals surface area contributed by atoms with Crippen molar-refractivity contribution in [3.8, 4) is 0 Å². The Kier molecular flexibility index (Phi) is 5.43. The summed E-state index contributed by atoms with van der Waals surface area (Å²) in [5.74, 6) is 2.22. The van der Waals surface area contributed by atoms with Crippen LogP contribution in [0, 0.1) is 46.0 Å². The van der Waals surface area contributed by atoms with Gasteiger partial charge in [-0.05, 0) is 73.0 Å². The van der Waals surface area contributed by atoms with Crippen LogP contribution in [0.15, 0.2) is 17.5 Å². The van der Waals surface area contributed by atoms with Crippen LogP contribution in [0.2, 0.25) is 0 Å². The molecule has 0 radical (unpaired) electrons. The van der Waals surface area contributed by atoms with Crippen LogP contribution >= 0.6 is 0 Å². The van der Waals surface area contributed by atoms with Crippen LogP contribution in [-0.2, 0) is 9.59 Å². The van der Waals surface area contributed by atoms with E-state index in [1.807, 2.05) is 0 Å². The number of hydrogen-bond donors (Lipinski definition) is 3. The normalized spacial score (nSPS) is 46.7. The first-order valence-corrected chi connectivity index (χ1v) is 11.3. The number of aliphatic hydroxyl groups is 1. The van der Waals surface area contributed by atoms with Crippen molar-refractivity contribution in [3.05, 3.63) is 12.4 Å². The fourth-order valence-electron chi connectivity index (χ4n) is 8.07. The molecule has 0 bridgehead atoms. The summed E-state index contributed by atoms with van der Waals surface area (Å²) in [5.41, 5.74) is 6.69. The highest BCUT2D eigenvalue weighted by atomic mass is 16.3. The van der Waals surface area contributed by atoms with E-state index in [1.165, 1.54) is 12.4 Å². The maximum atomic E-state index is 13.0. The summed E-state index contributed by atoms with van der Waals surface area (Å²) in [6.45, 7) is 4.82. The Morgan fingerprint density at radius 3 is 2.83 bits per heavy atom. The predicted octanol–water partition coefficient (Wildman–Crippen LogP) is 3.85. The number of ketones is 2. The van der Waals surface area contributed by atoms with Gasteiger partial charge in [-0.15, -0.1) is 0 Å². The van der Waals surface area contributed by atoms with Crippen LogP contribution in [0.3, 0.4) is 0 Å². The number of carbonyl (C=O) groups excluding carboxylic acids is 2. The zero-order valence-corrected chi connectivity index (χ0v) is 17.7. The number of aliphatic hydroxyl groups excluding tert-OH is 1. The van der Waals surface area contributed by atoms with E-state index in [2.05, 4.69) is 24.3 Å². The average molecular weight is 402 g/mol. The Bertz CT molecular complexity index is 722. The third kappa shape index (κ3) is 3.28. The number of Topliss-reactive ketones (excluding diaryl/α,β-unsaturated/α-hetero) is 2. The monoisotopic (exact) mass is 401 g/mol. The lowest BCUT2D eigenvalue weighted by molar-refractivity contribution is -0.174. The molecular formula is C23H35N3O3. The number of fused-ring (bicyclic) bond motifs is 5. The summed E-state index contributed by atoms with van der Waals surface area (Å²) in [5, 5.41) is 17.5. The molecule has 0 aliphatic heterocycles. The maximum absolute atomic E-state index is 13.0. The third-order valence-electron chi connectivity index (χ3n) is 9.34. The van der Waals surface area contributed by atoms with E-state index in [9.17, 15) is 14.7 Å². The van der Waals surface area contributed by atoms with Gasteiger partial charge in [-0.2, -0.15) is 5.11 Å². The second kappa shape index (κ2) is 7.60. The van der Waals surface area contributed by atoms with Crippen molar-refractivity contribution in [1.82, 2.24) is 5.32 Å². The largest absolute Gasteiger partial charge is 0.393 e. The first-order valence-electron chi connectivity index (χ1n) is 11.3. The predicted molar refractivity (Wildman–Crippen MR) is 109 cm³/mol. The molecule has 4 saturated carbocycles. The minimum absolute atomic E-state index is 0.0181. The maximum Gasteiger partial charge on any atom is 0.155 e. The van der Waals surface area contributed by atoms with Gasteiger partial charge in [-0.1, -0.05) is 13.8 Å². The van der Waals surface area contributed by atoms with Gasteiger partial charge >= 0.3 is 0 Å². The van der Waals surface area contributed by atoms with Crippen molar-refractivity contribution in [2.24, 2.45) is 45.5 Å². The van der Waals surface area contributed by atoms with Gasteiger partial charge in [0.1, 0.15) is 5.78 Å². The van der Waals surface area contributed by atoms with Crippen LogP contribution in [0.5, 0.6) is 0 Å². The number of hydrogen-bond acceptors (Lipinski definition) is 6. The van der Waals surface area contributed by atoms with Crippen molar-refractivity contribution >= 4 is 11.6 Å². The van der Waals surface area contributed by atoms with E-state index in [0.717, 1.165) is 32.1 Å². The van der Waals surface area contributed by atoms with Gasteiger partial charge in [0.25, 0.3) is 0 Å². The van der Waals surface area contributed by atoms with E-state index in [0.29, 0.717) is 42.8 Å². The second-order valence-electron chi connectivity index (χ2n) is 10.5. The SMILES string of the molecule is C[C@]12CCC(=O)C[C@@H]1CC[C@@H]1[C@@H]2[C@@H](O)C[C@]2(C)[C@@H](C(=O)CN/C=C\N=N)CC[C@@H]12. The van der Waals surface area contributed by atoms with Gasteiger partial charge in [-0.25, -0.2) is 5.53 Å². The first kappa shape index (κ1) is 20.7. The molecule has 0 saturated heterocycles. The molecule has 3 N–H and O–H groups in total. The van der Waals surface area contributed by atoms with E-state index in [1.54, 1.807) is 0 Å². The highest BCUT2D eigenvalue weighted by Gasteiger charge is 2.63. The lowest BCUT2D eigenvalue weighted by Crippen LogP contribution is -2.59. The summed E-state index contributed by atoms with van der Waals surface area (Å²) in [4.78, 5) is 25.0. The Labute approximate surface area is 173 Å². The smallest absolute Gasteiger partial charge is 0.155 e. The number of carbonyl (C=O) groups is 2. The highest BCUT2D eigenvalue weighted by Crippen LogP contribution is 2.67. The minimum Gasteiger partial charge on any atom is -0.393 e. The zero-order valence-electron chi connectivity index (χ0n) is 17.7. The molecule has 0 aromatic carbocycles. The van der Waals surface area contributed by atoms with Crippen molar-refractivity contribution < 1.29 is 14.7 Å². The molecule has 160 valence electrons. The molecule has 6 heteroatoms. The second-order valence-corrected chi connectivity index (χ2v) is 10.5. The Morgan fingerprint density at radius 2 is 2.07 bits per heavy atom. The third-order valence-corrected chi connectivity index (χ3v) is 9.34. The molecule has 0 aromatic heterocycles. The van der Waals surface area contributed by atoms with Crippen molar-refractivity contribution in [3.63, 3.8) is 0 Å². The van der Waals surface area contributed by atoms with Gasteiger partial charge in [0.2, 0.25) is 0 Å². The molecule has 8 atom stereocenters. The summed E-state index contributed by atoms with van der Waals surface area (Å²) < 4.78 is 0. The molecule has 0 unspecified atom stereocenters. The Morgan fingerprint density at radius 1 is 1.28 bits per heavy atom. The van der Waals surface area contributed by atoms with E-state index in [-0.39, 0.29) is 41.1 Å². The van der Waals surface area contributed by atoms with Crippen LogP contribution in [0.25, 0.3) is 0 Å². The molecule has 4 rings (SSSR count). The molecule has 0 aromatic rings. The molecular weight excluding hydrogens is 366 g/mol. The van der Waals surface area contributed by atoms with Gasteiger partial charge in [-0.3, -0.25) is 9.59 Å². The number of nitrogens with one attached hydrogen (secondary N) is 2. The summed E-state index contributed by atoms with van der Waals surface area (Å²) in [6.07, 6.45) is 9.60. The van der Waals surface area contributed by atoms with Crippen molar-refractivity contribution in [2.45, 2.75) is 71.3 Å². The number of rotatable bonds is 5. The Hall–Kier alpha value is -1.56. The van der Waals surface area contributed by atoms with Gasteiger partial charge < -0.3 is 10.4 Å². The standard InChI is InChI=1S/C23H35N3O3/c1-22-8-7-15(27)11-14(22)3-4-16-17-5-6-18(20(29)13-25-9-10-26-24)23(17,2)12-19(28)21(16)22/h9-10,14,16-19,21,24-25,28H,3-8,11-13H2,1-2H3/b10-9-,26-24?/t14-,16-,17-,18+,19-,21+,22-,23-/m0/s1.